The van der Waals surface area contributed by atoms with Crippen molar-refractivity contribution in [3.63, 3.8) is 0 Å². The molecule has 0 unspecified atom stereocenters. The summed E-state index contributed by atoms with van der Waals surface area (Å²) >= 11 is 5.76. The highest BCUT2D eigenvalue weighted by molar-refractivity contribution is 6.30. The minimum atomic E-state index is -0.336. The lowest BCUT2D eigenvalue weighted by Crippen LogP contribution is -2.17. The summed E-state index contributed by atoms with van der Waals surface area (Å²) < 4.78 is 5.27. The van der Waals surface area contributed by atoms with Crippen LogP contribution >= 0.6 is 11.6 Å². The van der Waals surface area contributed by atoms with Gasteiger partial charge in [0.25, 0.3) is 5.91 Å². The highest BCUT2D eigenvalue weighted by Crippen LogP contribution is 2.26. The second kappa shape index (κ2) is 7.47. The predicted molar refractivity (Wildman–Crippen MR) is 85.8 cm³/mol. The molecule has 1 amide bonds. The van der Waals surface area contributed by atoms with Crippen LogP contribution in [0.2, 0.25) is 5.02 Å². The van der Waals surface area contributed by atoms with Gasteiger partial charge in [-0.15, -0.1) is 0 Å². The van der Waals surface area contributed by atoms with Gasteiger partial charge in [-0.25, -0.2) is 5.43 Å². The van der Waals surface area contributed by atoms with Gasteiger partial charge in [0.1, 0.15) is 0 Å². The van der Waals surface area contributed by atoms with Gasteiger partial charge in [0, 0.05) is 10.6 Å². The zero-order valence-electron chi connectivity index (χ0n) is 11.9. The summed E-state index contributed by atoms with van der Waals surface area (Å²) in [6.45, 7) is 2.27. The number of amides is 1. The first-order chi connectivity index (χ1) is 10.6. The molecule has 0 atom stereocenters. The van der Waals surface area contributed by atoms with Crippen LogP contribution in [0.25, 0.3) is 0 Å². The van der Waals surface area contributed by atoms with Crippen molar-refractivity contribution in [3.8, 4) is 11.5 Å². The molecule has 2 aromatic carbocycles. The molecule has 0 spiro atoms. The number of nitrogens with one attached hydrogen (secondary N) is 1. The molecule has 0 aliphatic carbocycles. The van der Waals surface area contributed by atoms with Crippen molar-refractivity contribution in [2.24, 2.45) is 5.10 Å². The second-order valence-electron chi connectivity index (χ2n) is 4.37. The Hall–Kier alpha value is -2.53. The third kappa shape index (κ3) is 4.23. The fraction of sp³-hybridized carbons (Fsp3) is 0.125. The van der Waals surface area contributed by atoms with E-state index in [4.69, 9.17) is 16.3 Å². The van der Waals surface area contributed by atoms with Crippen molar-refractivity contribution in [2.75, 3.05) is 6.61 Å². The summed E-state index contributed by atoms with van der Waals surface area (Å²) in [6.07, 6.45) is 1.47. The molecule has 6 heteroatoms. The van der Waals surface area contributed by atoms with Gasteiger partial charge in [-0.1, -0.05) is 11.6 Å². The zero-order chi connectivity index (χ0) is 15.9. The van der Waals surface area contributed by atoms with Gasteiger partial charge in [0.2, 0.25) is 0 Å². The Morgan fingerprint density at radius 1 is 1.32 bits per heavy atom. The van der Waals surface area contributed by atoms with Crippen LogP contribution in [0.15, 0.2) is 47.6 Å². The largest absolute Gasteiger partial charge is 0.504 e. The molecule has 0 aromatic heterocycles. The monoisotopic (exact) mass is 318 g/mol. The van der Waals surface area contributed by atoms with Crippen LogP contribution in [0.1, 0.15) is 22.8 Å². The summed E-state index contributed by atoms with van der Waals surface area (Å²) in [5.41, 5.74) is 3.57. The quantitative estimate of drug-likeness (QED) is 0.657. The Morgan fingerprint density at radius 3 is 2.73 bits per heavy atom. The molecule has 0 bridgehead atoms. The maximum Gasteiger partial charge on any atom is 0.271 e. The molecule has 0 saturated heterocycles. The number of nitrogens with zero attached hydrogens (tertiary/aromatic N) is 1. The predicted octanol–water partition coefficient (Wildman–Crippen LogP) is 3.21. The third-order valence-corrected chi connectivity index (χ3v) is 3.02. The van der Waals surface area contributed by atoms with Crippen LogP contribution in [0.4, 0.5) is 0 Å². The van der Waals surface area contributed by atoms with E-state index in [9.17, 15) is 9.90 Å². The molecule has 2 rings (SSSR count). The van der Waals surface area contributed by atoms with E-state index >= 15 is 0 Å². The molecule has 0 aliphatic rings. The van der Waals surface area contributed by atoms with Gasteiger partial charge in [-0.05, 0) is 55.0 Å². The van der Waals surface area contributed by atoms with E-state index in [0.717, 1.165) is 0 Å². The first-order valence-corrected chi connectivity index (χ1v) is 7.02. The lowest BCUT2D eigenvalue weighted by molar-refractivity contribution is 0.0955. The van der Waals surface area contributed by atoms with E-state index in [1.54, 1.807) is 36.4 Å². The summed E-state index contributed by atoms with van der Waals surface area (Å²) in [6, 6.07) is 11.3. The maximum atomic E-state index is 11.8. The smallest absolute Gasteiger partial charge is 0.271 e. The summed E-state index contributed by atoms with van der Waals surface area (Å²) in [5.74, 6) is 0.0939. The van der Waals surface area contributed by atoms with Crippen molar-refractivity contribution in [1.82, 2.24) is 5.43 Å². The highest BCUT2D eigenvalue weighted by atomic mass is 35.5. The zero-order valence-corrected chi connectivity index (χ0v) is 12.7. The normalized spacial score (nSPS) is 10.6. The van der Waals surface area contributed by atoms with Crippen molar-refractivity contribution >= 4 is 23.7 Å². The molecular formula is C16H15ClN2O3. The summed E-state index contributed by atoms with van der Waals surface area (Å²) in [7, 11) is 0. The molecule has 22 heavy (non-hydrogen) atoms. The van der Waals surface area contributed by atoms with E-state index in [2.05, 4.69) is 10.5 Å². The van der Waals surface area contributed by atoms with E-state index in [1.807, 2.05) is 6.92 Å². The number of hydrogen-bond donors (Lipinski definition) is 2. The van der Waals surface area contributed by atoms with Crippen LogP contribution in [0.5, 0.6) is 11.5 Å². The topological polar surface area (TPSA) is 70.9 Å². The van der Waals surface area contributed by atoms with Crippen molar-refractivity contribution in [1.29, 1.82) is 0 Å². The third-order valence-electron chi connectivity index (χ3n) is 2.77. The van der Waals surface area contributed by atoms with E-state index < -0.39 is 0 Å². The number of carbonyl (C=O) groups excluding carboxylic acids is 1. The van der Waals surface area contributed by atoms with Gasteiger partial charge >= 0.3 is 0 Å². The Labute approximate surface area is 133 Å². The molecule has 0 fully saturated rings. The average molecular weight is 319 g/mol. The standard InChI is InChI=1S/C16H15ClN2O3/c1-2-22-15-9-11(3-8-14(15)20)10-18-19-16(21)12-4-6-13(17)7-5-12/h3-10,20H,2H2,1H3,(H,19,21). The summed E-state index contributed by atoms with van der Waals surface area (Å²) in [4.78, 5) is 11.8. The van der Waals surface area contributed by atoms with Gasteiger partial charge < -0.3 is 9.84 Å². The SMILES string of the molecule is CCOc1cc(C=NNC(=O)c2ccc(Cl)cc2)ccc1O. The van der Waals surface area contributed by atoms with E-state index in [1.165, 1.54) is 12.3 Å². The minimum absolute atomic E-state index is 0.0594. The Morgan fingerprint density at radius 2 is 2.05 bits per heavy atom. The number of halogens is 1. The Kier molecular flexibility index (Phi) is 5.38. The number of benzene rings is 2. The van der Waals surface area contributed by atoms with Crippen molar-refractivity contribution in [2.45, 2.75) is 6.92 Å². The van der Waals surface area contributed by atoms with Crippen molar-refractivity contribution in [3.05, 3.63) is 58.6 Å². The number of aromatic hydroxyl groups is 1. The number of carbonyl (C=O) groups is 1. The molecular weight excluding hydrogens is 304 g/mol. The van der Waals surface area contributed by atoms with E-state index in [0.29, 0.717) is 28.5 Å². The number of phenols is 1. The maximum absolute atomic E-state index is 11.8. The number of phenolic OH excluding ortho intramolecular Hbond substituents is 1. The molecule has 2 aromatic rings. The molecule has 0 aliphatic heterocycles. The lowest BCUT2D eigenvalue weighted by atomic mass is 10.2. The summed E-state index contributed by atoms with van der Waals surface area (Å²) in [5, 5.41) is 14.0. The fourth-order valence-electron chi connectivity index (χ4n) is 1.71. The van der Waals surface area contributed by atoms with Crippen LogP contribution in [-0.2, 0) is 0 Å². The lowest BCUT2D eigenvalue weighted by Gasteiger charge is -2.06. The minimum Gasteiger partial charge on any atom is -0.504 e. The van der Waals surface area contributed by atoms with Crippen LogP contribution < -0.4 is 10.2 Å². The average Bonchev–Trinajstić information content (AvgIpc) is 2.51. The molecule has 0 heterocycles. The fourth-order valence-corrected chi connectivity index (χ4v) is 1.84. The Bertz CT molecular complexity index is 684. The molecule has 5 nitrogen and oxygen atoms in total. The number of hydrazone groups is 1. The molecule has 2 N–H and O–H groups in total. The van der Waals surface area contributed by atoms with Crippen LogP contribution in [0.3, 0.4) is 0 Å². The molecule has 0 saturated carbocycles. The van der Waals surface area contributed by atoms with E-state index in [-0.39, 0.29) is 11.7 Å². The number of ether oxygens (including phenoxy) is 1. The first-order valence-electron chi connectivity index (χ1n) is 6.65. The van der Waals surface area contributed by atoms with Crippen molar-refractivity contribution < 1.29 is 14.6 Å². The molecule has 114 valence electrons. The van der Waals surface area contributed by atoms with Gasteiger partial charge in [0.05, 0.1) is 12.8 Å². The first kappa shape index (κ1) is 15.9. The highest BCUT2D eigenvalue weighted by Gasteiger charge is 2.04. The van der Waals surface area contributed by atoms with Crippen LogP contribution in [0, 0.1) is 0 Å². The van der Waals surface area contributed by atoms with Crippen LogP contribution in [-0.4, -0.2) is 23.8 Å². The number of hydrogen-bond acceptors (Lipinski definition) is 4. The van der Waals surface area contributed by atoms with Gasteiger partial charge in [-0.3, -0.25) is 4.79 Å². The van der Waals surface area contributed by atoms with Gasteiger partial charge in [-0.2, -0.15) is 5.10 Å². The van der Waals surface area contributed by atoms with Gasteiger partial charge in [0.15, 0.2) is 11.5 Å². The number of rotatable bonds is 5. The Balaban J connectivity index is 2.01. The second-order valence-corrected chi connectivity index (χ2v) is 4.80. The molecule has 0 radical (unpaired) electrons.